The van der Waals surface area contributed by atoms with Gasteiger partial charge in [0.15, 0.2) is 6.61 Å². The van der Waals surface area contributed by atoms with Crippen LogP contribution in [0.1, 0.15) is 11.1 Å². The van der Waals surface area contributed by atoms with Gasteiger partial charge < -0.3 is 10.5 Å². The Morgan fingerprint density at radius 1 is 1.19 bits per heavy atom. The first-order chi connectivity index (χ1) is 12.9. The van der Waals surface area contributed by atoms with E-state index in [0.29, 0.717) is 26.8 Å². The quantitative estimate of drug-likeness (QED) is 0.747. The molecule has 0 spiro atoms. The lowest BCUT2D eigenvalue weighted by molar-refractivity contribution is -0.123. The van der Waals surface area contributed by atoms with Gasteiger partial charge in [0.2, 0.25) is 0 Å². The first-order valence-corrected chi connectivity index (χ1v) is 9.13. The largest absolute Gasteiger partial charge is 0.484 e. The Kier molecular flexibility index (Phi) is 5.83. The highest BCUT2D eigenvalue weighted by atomic mass is 35.5. The van der Waals surface area contributed by atoms with E-state index in [4.69, 9.17) is 22.1 Å². The number of nitrogens with two attached hydrogens (primary N) is 1. The van der Waals surface area contributed by atoms with Gasteiger partial charge in [-0.05, 0) is 47.2 Å². The fourth-order valence-electron chi connectivity index (χ4n) is 2.43. The average molecular weight is 403 g/mol. The molecule has 1 heterocycles. The van der Waals surface area contributed by atoms with E-state index in [2.05, 4.69) is 0 Å². The SMILES string of the molecule is NC(=O)COc1cccc(/C=C2\SC(=O)N(Cc3ccccc3Cl)C2=O)c1. The van der Waals surface area contributed by atoms with Gasteiger partial charge in [0.25, 0.3) is 17.1 Å². The van der Waals surface area contributed by atoms with Gasteiger partial charge >= 0.3 is 0 Å². The molecular formula is C19H15ClN2O4S. The number of imide groups is 1. The summed E-state index contributed by atoms with van der Waals surface area (Å²) in [5, 5.41) is 0.145. The number of benzene rings is 2. The molecule has 0 aliphatic carbocycles. The summed E-state index contributed by atoms with van der Waals surface area (Å²) >= 11 is 6.98. The van der Waals surface area contributed by atoms with Gasteiger partial charge in [-0.2, -0.15) is 0 Å². The van der Waals surface area contributed by atoms with Gasteiger partial charge in [0.1, 0.15) is 5.75 Å². The average Bonchev–Trinajstić information content (AvgIpc) is 2.89. The van der Waals surface area contributed by atoms with Crippen molar-refractivity contribution in [2.45, 2.75) is 6.54 Å². The molecule has 2 N–H and O–H groups in total. The van der Waals surface area contributed by atoms with E-state index in [1.165, 1.54) is 0 Å². The van der Waals surface area contributed by atoms with Crippen molar-refractivity contribution >= 4 is 46.5 Å². The topological polar surface area (TPSA) is 89.7 Å². The van der Waals surface area contributed by atoms with Crippen LogP contribution in [-0.4, -0.2) is 28.6 Å². The van der Waals surface area contributed by atoms with Crippen molar-refractivity contribution < 1.29 is 19.1 Å². The predicted molar refractivity (Wildman–Crippen MR) is 104 cm³/mol. The van der Waals surface area contributed by atoms with Crippen LogP contribution in [-0.2, 0) is 16.1 Å². The first-order valence-electron chi connectivity index (χ1n) is 7.94. The third-order valence-electron chi connectivity index (χ3n) is 3.70. The molecule has 0 aromatic heterocycles. The third-order valence-corrected chi connectivity index (χ3v) is 4.97. The van der Waals surface area contributed by atoms with Crippen LogP contribution in [0.5, 0.6) is 5.75 Å². The van der Waals surface area contributed by atoms with E-state index >= 15 is 0 Å². The van der Waals surface area contributed by atoms with Crippen molar-refractivity contribution in [3.63, 3.8) is 0 Å². The van der Waals surface area contributed by atoms with E-state index in [0.717, 1.165) is 16.7 Å². The summed E-state index contributed by atoms with van der Waals surface area (Å²) in [4.78, 5) is 37.1. The van der Waals surface area contributed by atoms with Crippen LogP contribution in [0.4, 0.5) is 4.79 Å². The number of nitrogens with zero attached hydrogens (tertiary/aromatic N) is 1. The van der Waals surface area contributed by atoms with Crippen LogP contribution in [0.15, 0.2) is 53.4 Å². The molecule has 27 heavy (non-hydrogen) atoms. The van der Waals surface area contributed by atoms with Crippen molar-refractivity contribution in [1.82, 2.24) is 4.90 Å². The van der Waals surface area contributed by atoms with Crippen LogP contribution in [0.3, 0.4) is 0 Å². The normalized spacial score (nSPS) is 15.4. The number of primary amides is 1. The molecule has 0 unspecified atom stereocenters. The zero-order valence-electron chi connectivity index (χ0n) is 14.1. The summed E-state index contributed by atoms with van der Waals surface area (Å²) in [7, 11) is 0. The second-order valence-corrected chi connectivity index (χ2v) is 7.09. The summed E-state index contributed by atoms with van der Waals surface area (Å²) < 4.78 is 5.25. The Morgan fingerprint density at radius 2 is 1.96 bits per heavy atom. The molecule has 0 atom stereocenters. The fraction of sp³-hybridized carbons (Fsp3) is 0.105. The number of thioether (sulfide) groups is 1. The van der Waals surface area contributed by atoms with Gasteiger partial charge in [-0.15, -0.1) is 0 Å². The fourth-order valence-corrected chi connectivity index (χ4v) is 3.47. The Bertz CT molecular complexity index is 945. The predicted octanol–water partition coefficient (Wildman–Crippen LogP) is 3.44. The highest BCUT2D eigenvalue weighted by molar-refractivity contribution is 8.18. The number of rotatable bonds is 6. The van der Waals surface area contributed by atoms with Crippen molar-refractivity contribution in [1.29, 1.82) is 0 Å². The molecule has 8 heteroatoms. The molecule has 1 fully saturated rings. The lowest BCUT2D eigenvalue weighted by Gasteiger charge is -2.13. The van der Waals surface area contributed by atoms with Crippen LogP contribution >= 0.6 is 23.4 Å². The molecule has 0 saturated carbocycles. The summed E-state index contributed by atoms with van der Waals surface area (Å²) in [5.74, 6) is -0.521. The second kappa shape index (κ2) is 8.28. The molecule has 138 valence electrons. The van der Waals surface area contributed by atoms with Crippen LogP contribution in [0.2, 0.25) is 5.02 Å². The smallest absolute Gasteiger partial charge is 0.293 e. The molecule has 1 aliphatic rings. The number of carbonyl (C=O) groups excluding carboxylic acids is 3. The molecule has 2 aromatic rings. The molecule has 6 nitrogen and oxygen atoms in total. The number of hydrogen-bond acceptors (Lipinski definition) is 5. The standard InChI is InChI=1S/C19H15ClN2O4S/c20-15-7-2-1-5-13(15)10-22-18(24)16(27-19(22)25)9-12-4-3-6-14(8-12)26-11-17(21)23/h1-9H,10-11H2,(H2,21,23)/b16-9-. The van der Waals surface area contributed by atoms with Crippen molar-refractivity contribution in [2.24, 2.45) is 5.73 Å². The van der Waals surface area contributed by atoms with Crippen molar-refractivity contribution in [3.05, 3.63) is 69.6 Å². The molecular weight excluding hydrogens is 388 g/mol. The van der Waals surface area contributed by atoms with Gasteiger partial charge in [0.05, 0.1) is 11.4 Å². The van der Waals surface area contributed by atoms with Crippen LogP contribution in [0, 0.1) is 0 Å². The van der Waals surface area contributed by atoms with Crippen molar-refractivity contribution in [2.75, 3.05) is 6.61 Å². The Balaban J connectivity index is 1.77. The monoisotopic (exact) mass is 402 g/mol. The number of halogens is 1. The zero-order valence-corrected chi connectivity index (χ0v) is 15.6. The number of amides is 3. The summed E-state index contributed by atoms with van der Waals surface area (Å²) in [6.45, 7) is -0.124. The molecule has 3 amide bonds. The van der Waals surface area contributed by atoms with E-state index in [1.54, 1.807) is 54.6 Å². The highest BCUT2D eigenvalue weighted by Crippen LogP contribution is 2.34. The lowest BCUT2D eigenvalue weighted by Crippen LogP contribution is -2.27. The number of ether oxygens (including phenoxy) is 1. The van der Waals surface area contributed by atoms with Gasteiger partial charge in [-0.25, -0.2) is 0 Å². The second-order valence-electron chi connectivity index (χ2n) is 5.69. The van der Waals surface area contributed by atoms with E-state index in [1.807, 2.05) is 0 Å². The maximum absolute atomic E-state index is 12.6. The van der Waals surface area contributed by atoms with Crippen molar-refractivity contribution in [3.8, 4) is 5.75 Å². The Labute approximate surface area is 164 Å². The van der Waals surface area contributed by atoms with Crippen LogP contribution in [0.25, 0.3) is 6.08 Å². The Morgan fingerprint density at radius 3 is 2.70 bits per heavy atom. The molecule has 0 radical (unpaired) electrons. The summed E-state index contributed by atoms with van der Waals surface area (Å²) in [5.41, 5.74) is 6.42. The minimum Gasteiger partial charge on any atom is -0.484 e. The zero-order chi connectivity index (χ0) is 19.4. The summed E-state index contributed by atoms with van der Waals surface area (Å²) in [6.07, 6.45) is 1.61. The van der Waals surface area contributed by atoms with Gasteiger partial charge in [-0.1, -0.05) is 41.9 Å². The maximum atomic E-state index is 12.6. The lowest BCUT2D eigenvalue weighted by atomic mass is 10.2. The first kappa shape index (κ1) is 19.0. The molecule has 1 aliphatic heterocycles. The Hall–Kier alpha value is -2.77. The molecule has 3 rings (SSSR count). The number of carbonyl (C=O) groups is 3. The van der Waals surface area contributed by atoms with E-state index in [9.17, 15) is 14.4 Å². The third kappa shape index (κ3) is 4.69. The minimum atomic E-state index is -0.582. The van der Waals surface area contributed by atoms with Gasteiger partial charge in [0, 0.05) is 5.02 Å². The maximum Gasteiger partial charge on any atom is 0.293 e. The molecule has 2 aromatic carbocycles. The van der Waals surface area contributed by atoms with E-state index < -0.39 is 5.91 Å². The summed E-state index contributed by atoms with van der Waals surface area (Å²) in [6, 6.07) is 13.9. The van der Waals surface area contributed by atoms with Crippen LogP contribution < -0.4 is 10.5 Å². The highest BCUT2D eigenvalue weighted by Gasteiger charge is 2.35. The molecule has 1 saturated heterocycles. The van der Waals surface area contributed by atoms with E-state index in [-0.39, 0.29) is 24.3 Å². The molecule has 0 bridgehead atoms. The minimum absolute atomic E-state index is 0.115. The number of hydrogen-bond donors (Lipinski definition) is 1. The van der Waals surface area contributed by atoms with Gasteiger partial charge in [-0.3, -0.25) is 19.3 Å².